The Morgan fingerprint density at radius 3 is 2.48 bits per heavy atom. The first-order valence-electron chi connectivity index (χ1n) is 8.27. The molecule has 0 aliphatic heterocycles. The molecule has 2 fully saturated rings. The van der Waals surface area contributed by atoms with Gasteiger partial charge in [0.1, 0.15) is 11.5 Å². The number of nitrogens with zero attached hydrogens (tertiary/aromatic N) is 4. The number of carbonyl (C=O) groups excluding carboxylic acids is 1. The van der Waals surface area contributed by atoms with Gasteiger partial charge in [-0.1, -0.05) is 0 Å². The summed E-state index contributed by atoms with van der Waals surface area (Å²) in [5, 5.41) is 4.48. The van der Waals surface area contributed by atoms with Gasteiger partial charge in [0.25, 0.3) is 0 Å². The van der Waals surface area contributed by atoms with Crippen LogP contribution in [-0.2, 0) is 11.0 Å². The number of ketones is 1. The number of carbonyl (C=O) groups is 1. The van der Waals surface area contributed by atoms with E-state index in [4.69, 9.17) is 0 Å². The molecular formula is C17H17F3N4O. The van der Waals surface area contributed by atoms with Crippen molar-refractivity contribution in [1.82, 2.24) is 19.7 Å². The Kier molecular flexibility index (Phi) is 3.49. The first-order chi connectivity index (χ1) is 11.8. The Morgan fingerprint density at radius 1 is 1.20 bits per heavy atom. The molecule has 0 aromatic carbocycles. The Hall–Kier alpha value is -2.25. The van der Waals surface area contributed by atoms with Crippen LogP contribution in [0, 0.1) is 11.8 Å². The van der Waals surface area contributed by atoms with E-state index in [2.05, 4.69) is 15.1 Å². The predicted octanol–water partition coefficient (Wildman–Crippen LogP) is 3.63. The van der Waals surface area contributed by atoms with Crippen molar-refractivity contribution >= 4 is 5.78 Å². The second-order valence-corrected chi connectivity index (χ2v) is 7.06. The van der Waals surface area contributed by atoms with Gasteiger partial charge in [0.2, 0.25) is 5.82 Å². The third-order valence-corrected chi connectivity index (χ3v) is 5.03. The Bertz CT molecular complexity index is 829. The number of hydrogen-bond donors (Lipinski definition) is 0. The van der Waals surface area contributed by atoms with Gasteiger partial charge in [-0.05, 0) is 37.8 Å². The topological polar surface area (TPSA) is 60.7 Å². The molecule has 2 unspecified atom stereocenters. The first kappa shape index (κ1) is 16.2. The molecule has 0 amide bonds. The van der Waals surface area contributed by atoms with Gasteiger partial charge < -0.3 is 0 Å². The summed E-state index contributed by atoms with van der Waals surface area (Å²) in [6, 6.07) is 3.32. The third-order valence-electron chi connectivity index (χ3n) is 5.03. The molecular weight excluding hydrogens is 333 g/mol. The van der Waals surface area contributed by atoms with E-state index < -0.39 is 12.0 Å². The minimum Gasteiger partial charge on any atom is -0.300 e. The number of halogens is 3. The summed E-state index contributed by atoms with van der Waals surface area (Å²) < 4.78 is 40.4. The molecule has 8 heteroatoms. The highest BCUT2D eigenvalue weighted by atomic mass is 19.4. The second kappa shape index (κ2) is 5.37. The van der Waals surface area contributed by atoms with Crippen LogP contribution in [0.1, 0.15) is 50.2 Å². The Balaban J connectivity index is 1.70. The lowest BCUT2D eigenvalue weighted by Crippen LogP contribution is -2.11. The standard InChI is InChI=1S/C17H17F3N4O/c1-8(2)24-14(15-10-5-9(25)6-11(10)15)7-13(23-24)12-3-4-21-16(22-12)17(18,19)20/h3-4,7-8,10-11,15H,5-6H2,1-2H3. The van der Waals surface area contributed by atoms with Gasteiger partial charge in [-0.25, -0.2) is 9.97 Å². The van der Waals surface area contributed by atoms with Crippen molar-refractivity contribution in [3.05, 3.63) is 29.8 Å². The van der Waals surface area contributed by atoms with Crippen LogP contribution in [0.3, 0.4) is 0 Å². The van der Waals surface area contributed by atoms with Crippen LogP contribution in [0.5, 0.6) is 0 Å². The second-order valence-electron chi connectivity index (χ2n) is 7.06. The molecule has 2 aliphatic rings. The highest BCUT2D eigenvalue weighted by Gasteiger charge is 2.57. The largest absolute Gasteiger partial charge is 0.451 e. The number of fused-ring (bicyclic) bond motifs is 1. The summed E-state index contributed by atoms with van der Waals surface area (Å²) in [5.41, 5.74) is 1.55. The maximum atomic E-state index is 12.8. The zero-order valence-electron chi connectivity index (χ0n) is 13.8. The maximum absolute atomic E-state index is 12.8. The summed E-state index contributed by atoms with van der Waals surface area (Å²) in [6.07, 6.45) is -2.30. The van der Waals surface area contributed by atoms with E-state index in [-0.39, 0.29) is 17.7 Å². The van der Waals surface area contributed by atoms with Crippen molar-refractivity contribution < 1.29 is 18.0 Å². The lowest BCUT2D eigenvalue weighted by atomic mass is 10.1. The van der Waals surface area contributed by atoms with Crippen molar-refractivity contribution in [1.29, 1.82) is 0 Å². The maximum Gasteiger partial charge on any atom is 0.451 e. The van der Waals surface area contributed by atoms with E-state index in [0.29, 0.717) is 36.2 Å². The minimum absolute atomic E-state index is 0.0738. The number of alkyl halides is 3. The van der Waals surface area contributed by atoms with Gasteiger partial charge in [0.05, 0.1) is 5.69 Å². The average Bonchev–Trinajstić information content (AvgIpc) is 2.90. The van der Waals surface area contributed by atoms with Crippen molar-refractivity contribution in [2.24, 2.45) is 11.8 Å². The van der Waals surface area contributed by atoms with Gasteiger partial charge in [-0.15, -0.1) is 0 Å². The van der Waals surface area contributed by atoms with E-state index in [1.807, 2.05) is 24.6 Å². The summed E-state index contributed by atoms with van der Waals surface area (Å²) >= 11 is 0. The highest BCUT2D eigenvalue weighted by Crippen LogP contribution is 2.62. The van der Waals surface area contributed by atoms with Gasteiger partial charge in [0, 0.05) is 36.7 Å². The fourth-order valence-electron chi connectivity index (χ4n) is 3.88. The fraction of sp³-hybridized carbons (Fsp3) is 0.529. The van der Waals surface area contributed by atoms with Crippen LogP contribution in [-0.4, -0.2) is 25.5 Å². The van der Waals surface area contributed by atoms with E-state index in [9.17, 15) is 18.0 Å². The molecule has 5 nitrogen and oxygen atoms in total. The Morgan fingerprint density at radius 2 is 1.88 bits per heavy atom. The van der Waals surface area contributed by atoms with E-state index in [1.54, 1.807) is 0 Å². The van der Waals surface area contributed by atoms with Crippen molar-refractivity contribution in [3.8, 4) is 11.4 Å². The monoisotopic (exact) mass is 350 g/mol. The van der Waals surface area contributed by atoms with Crippen molar-refractivity contribution in [2.45, 2.75) is 44.8 Å². The highest BCUT2D eigenvalue weighted by molar-refractivity contribution is 5.83. The minimum atomic E-state index is -4.59. The van der Waals surface area contributed by atoms with Crippen molar-refractivity contribution in [3.63, 3.8) is 0 Å². The first-order valence-corrected chi connectivity index (χ1v) is 8.27. The molecule has 0 bridgehead atoms. The molecule has 25 heavy (non-hydrogen) atoms. The van der Waals surface area contributed by atoms with Crippen LogP contribution < -0.4 is 0 Å². The molecule has 0 saturated heterocycles. The summed E-state index contributed by atoms with van der Waals surface area (Å²) in [7, 11) is 0. The molecule has 2 saturated carbocycles. The van der Waals surface area contributed by atoms with E-state index in [0.717, 1.165) is 11.9 Å². The van der Waals surface area contributed by atoms with E-state index >= 15 is 0 Å². The molecule has 0 N–H and O–H groups in total. The fourth-order valence-corrected chi connectivity index (χ4v) is 3.88. The smallest absolute Gasteiger partial charge is 0.300 e. The lowest BCUT2D eigenvalue weighted by molar-refractivity contribution is -0.144. The van der Waals surface area contributed by atoms with Gasteiger partial charge in [-0.2, -0.15) is 18.3 Å². The predicted molar refractivity (Wildman–Crippen MR) is 82.6 cm³/mol. The van der Waals surface area contributed by atoms with Crippen LogP contribution in [0.15, 0.2) is 18.3 Å². The average molecular weight is 350 g/mol. The Labute approximate surface area is 142 Å². The molecule has 2 aliphatic carbocycles. The molecule has 2 heterocycles. The zero-order chi connectivity index (χ0) is 17.9. The van der Waals surface area contributed by atoms with Crippen LogP contribution in [0.25, 0.3) is 11.4 Å². The number of hydrogen-bond acceptors (Lipinski definition) is 4. The number of aromatic nitrogens is 4. The van der Waals surface area contributed by atoms with Crippen LogP contribution in [0.2, 0.25) is 0 Å². The van der Waals surface area contributed by atoms with Gasteiger partial charge in [-0.3, -0.25) is 9.48 Å². The number of rotatable bonds is 3. The molecule has 2 atom stereocenters. The molecule has 4 rings (SSSR count). The summed E-state index contributed by atoms with van der Waals surface area (Å²) in [5.74, 6) is 0.105. The SMILES string of the molecule is CC(C)n1nc(-c2ccnc(C(F)(F)F)n2)cc1C1C2CC(=O)CC21. The molecule has 0 radical (unpaired) electrons. The normalized spacial score (nSPS) is 25.5. The zero-order valence-corrected chi connectivity index (χ0v) is 13.8. The number of Topliss-reactive ketones (excluding diaryl/α,β-unsaturated/α-hetero) is 1. The van der Waals surface area contributed by atoms with Gasteiger partial charge >= 0.3 is 6.18 Å². The van der Waals surface area contributed by atoms with Crippen LogP contribution in [0.4, 0.5) is 13.2 Å². The molecule has 2 aromatic heterocycles. The molecule has 0 spiro atoms. The molecule has 132 valence electrons. The quantitative estimate of drug-likeness (QED) is 0.848. The van der Waals surface area contributed by atoms with Crippen molar-refractivity contribution in [2.75, 3.05) is 0 Å². The van der Waals surface area contributed by atoms with E-state index in [1.165, 1.54) is 6.07 Å². The third kappa shape index (κ3) is 2.73. The summed E-state index contributed by atoms with van der Waals surface area (Å²) in [6.45, 7) is 3.95. The lowest BCUT2D eigenvalue weighted by Gasteiger charge is -2.11. The summed E-state index contributed by atoms with van der Waals surface area (Å²) in [4.78, 5) is 18.4. The van der Waals surface area contributed by atoms with Crippen LogP contribution >= 0.6 is 0 Å². The van der Waals surface area contributed by atoms with Gasteiger partial charge in [0.15, 0.2) is 0 Å². The molecule has 2 aromatic rings.